The van der Waals surface area contributed by atoms with E-state index in [0.717, 1.165) is 0 Å². The van der Waals surface area contributed by atoms with Crippen molar-refractivity contribution in [2.75, 3.05) is 0 Å². The van der Waals surface area contributed by atoms with Crippen molar-refractivity contribution in [1.29, 1.82) is 0 Å². The fraction of sp³-hybridized carbons (Fsp3) is 0.778. The highest BCUT2D eigenvalue weighted by Crippen LogP contribution is 2.36. The average Bonchev–Trinajstić information content (AvgIpc) is 1.82. The van der Waals surface area contributed by atoms with Gasteiger partial charge in [-0.05, 0) is 11.8 Å². The highest BCUT2D eigenvalue weighted by Gasteiger charge is 2.43. The van der Waals surface area contributed by atoms with Crippen molar-refractivity contribution in [1.82, 2.24) is 0 Å². The van der Waals surface area contributed by atoms with Crippen LogP contribution in [0.3, 0.4) is 0 Å². The third-order valence-electron chi connectivity index (χ3n) is 2.64. The second kappa shape index (κ2) is 4.33. The van der Waals surface area contributed by atoms with E-state index < -0.39 is 5.41 Å². The Morgan fingerprint density at radius 1 is 0.923 bits per heavy atom. The Morgan fingerprint density at radius 3 is 1.15 bits per heavy atom. The SMILES string of the molecule is CC(C)C(C(N)=S)(C(N)=S)C(C)C. The molecule has 0 radical (unpaired) electrons. The Bertz CT molecular complexity index is 198. The van der Waals surface area contributed by atoms with Crippen LogP contribution in [-0.4, -0.2) is 9.98 Å². The molecule has 0 bridgehead atoms. The van der Waals surface area contributed by atoms with Gasteiger partial charge in [-0.15, -0.1) is 0 Å². The maximum absolute atomic E-state index is 5.74. The number of nitrogens with two attached hydrogens (primary N) is 2. The molecular weight excluding hydrogens is 200 g/mol. The molecule has 0 unspecified atom stereocenters. The van der Waals surface area contributed by atoms with Crippen molar-refractivity contribution in [3.05, 3.63) is 0 Å². The first-order chi connectivity index (χ1) is 5.77. The van der Waals surface area contributed by atoms with Crippen LogP contribution >= 0.6 is 24.4 Å². The molecular formula is C9H18N2S2. The summed E-state index contributed by atoms with van der Waals surface area (Å²) in [6.45, 7) is 8.16. The average molecular weight is 218 g/mol. The molecule has 0 fully saturated rings. The number of hydrogen-bond acceptors (Lipinski definition) is 2. The van der Waals surface area contributed by atoms with Crippen LogP contribution in [0.15, 0.2) is 0 Å². The fourth-order valence-electron chi connectivity index (χ4n) is 1.93. The summed E-state index contributed by atoms with van der Waals surface area (Å²) in [5, 5.41) is 0. The molecule has 0 aliphatic carbocycles. The van der Waals surface area contributed by atoms with Crippen LogP contribution in [0.2, 0.25) is 0 Å². The van der Waals surface area contributed by atoms with Crippen molar-refractivity contribution >= 4 is 34.4 Å². The van der Waals surface area contributed by atoms with E-state index in [1.54, 1.807) is 0 Å². The lowest BCUT2D eigenvalue weighted by Gasteiger charge is -2.39. The van der Waals surface area contributed by atoms with E-state index in [1.807, 2.05) is 27.7 Å². The zero-order chi connectivity index (χ0) is 10.8. The highest BCUT2D eigenvalue weighted by molar-refractivity contribution is 7.82. The zero-order valence-electron chi connectivity index (χ0n) is 8.63. The minimum absolute atomic E-state index is 0.238. The summed E-state index contributed by atoms with van der Waals surface area (Å²) in [5.41, 5.74) is 11.0. The van der Waals surface area contributed by atoms with Gasteiger partial charge in [0.2, 0.25) is 0 Å². The molecule has 13 heavy (non-hydrogen) atoms. The van der Waals surface area contributed by atoms with Gasteiger partial charge in [0.15, 0.2) is 0 Å². The molecule has 0 aromatic heterocycles. The van der Waals surface area contributed by atoms with E-state index in [2.05, 4.69) is 0 Å². The molecule has 0 atom stereocenters. The van der Waals surface area contributed by atoms with Crippen LogP contribution < -0.4 is 11.5 Å². The second-order valence-corrected chi connectivity index (χ2v) is 4.79. The Hall–Kier alpha value is -0.220. The van der Waals surface area contributed by atoms with Crippen molar-refractivity contribution in [2.45, 2.75) is 27.7 Å². The van der Waals surface area contributed by atoms with Gasteiger partial charge in [0.05, 0.1) is 15.4 Å². The predicted molar refractivity (Wildman–Crippen MR) is 65.7 cm³/mol. The summed E-state index contributed by atoms with van der Waals surface area (Å²) < 4.78 is 0. The largest absolute Gasteiger partial charge is 0.392 e. The Labute approximate surface area is 91.1 Å². The van der Waals surface area contributed by atoms with E-state index >= 15 is 0 Å². The van der Waals surface area contributed by atoms with Crippen molar-refractivity contribution in [3.63, 3.8) is 0 Å². The molecule has 0 saturated carbocycles. The van der Waals surface area contributed by atoms with Crippen molar-refractivity contribution in [3.8, 4) is 0 Å². The molecule has 0 amide bonds. The van der Waals surface area contributed by atoms with Gasteiger partial charge in [-0.1, -0.05) is 52.1 Å². The quantitative estimate of drug-likeness (QED) is 0.707. The van der Waals surface area contributed by atoms with Crippen LogP contribution in [0.25, 0.3) is 0 Å². The summed E-state index contributed by atoms with van der Waals surface area (Å²) in [5.74, 6) is 0.477. The highest BCUT2D eigenvalue weighted by atomic mass is 32.1. The van der Waals surface area contributed by atoms with E-state index in [1.165, 1.54) is 0 Å². The van der Waals surface area contributed by atoms with Gasteiger partial charge >= 0.3 is 0 Å². The summed E-state index contributed by atoms with van der Waals surface area (Å²) in [6, 6.07) is 0. The van der Waals surface area contributed by atoms with Gasteiger partial charge in [0.25, 0.3) is 0 Å². The van der Waals surface area contributed by atoms with E-state index in [9.17, 15) is 0 Å². The molecule has 2 nitrogen and oxygen atoms in total. The molecule has 76 valence electrons. The number of hydrogen-bond donors (Lipinski definition) is 2. The van der Waals surface area contributed by atoms with Crippen LogP contribution in [-0.2, 0) is 0 Å². The maximum Gasteiger partial charge on any atom is 0.0863 e. The maximum atomic E-state index is 5.74. The smallest absolute Gasteiger partial charge is 0.0863 e. The lowest BCUT2D eigenvalue weighted by Crippen LogP contribution is -2.52. The minimum atomic E-state index is -0.481. The molecule has 0 saturated heterocycles. The first-order valence-corrected chi connectivity index (χ1v) is 5.19. The molecule has 0 aromatic carbocycles. The topological polar surface area (TPSA) is 52.0 Å². The van der Waals surface area contributed by atoms with Gasteiger partial charge in [-0.3, -0.25) is 0 Å². The summed E-state index contributed by atoms with van der Waals surface area (Å²) in [4.78, 5) is 0.815. The molecule has 0 heterocycles. The summed E-state index contributed by atoms with van der Waals surface area (Å²) >= 11 is 10.1. The van der Waals surface area contributed by atoms with Crippen LogP contribution in [0.4, 0.5) is 0 Å². The molecule has 0 aliphatic rings. The Kier molecular flexibility index (Phi) is 4.26. The summed E-state index contributed by atoms with van der Waals surface area (Å²) in [7, 11) is 0. The molecule has 0 spiro atoms. The third-order valence-corrected chi connectivity index (χ3v) is 3.31. The molecule has 4 N–H and O–H groups in total. The van der Waals surface area contributed by atoms with Gasteiger partial charge in [-0.2, -0.15) is 0 Å². The Balaban J connectivity index is 5.32. The zero-order valence-corrected chi connectivity index (χ0v) is 10.3. The number of rotatable bonds is 4. The predicted octanol–water partition coefficient (Wildman–Crippen LogP) is 1.86. The lowest BCUT2D eigenvalue weighted by atomic mass is 9.69. The normalized spacial score (nSPS) is 12.2. The van der Waals surface area contributed by atoms with Crippen LogP contribution in [0.1, 0.15) is 27.7 Å². The Morgan fingerprint density at radius 2 is 1.15 bits per heavy atom. The van der Waals surface area contributed by atoms with E-state index in [-0.39, 0.29) is 11.8 Å². The first-order valence-electron chi connectivity index (χ1n) is 4.37. The van der Waals surface area contributed by atoms with Gasteiger partial charge in [0.1, 0.15) is 0 Å². The molecule has 0 aromatic rings. The molecule has 0 rings (SSSR count). The third kappa shape index (κ3) is 1.99. The summed E-state index contributed by atoms with van der Waals surface area (Å²) in [6.07, 6.45) is 0. The van der Waals surface area contributed by atoms with Crippen molar-refractivity contribution < 1.29 is 0 Å². The number of thiocarbonyl (C=S) groups is 2. The van der Waals surface area contributed by atoms with Crippen molar-refractivity contribution in [2.24, 2.45) is 28.7 Å². The standard InChI is InChI=1S/C9H18N2S2/c1-5(2)9(6(3)4,7(10)12)8(11)13/h5-6H,1-4H3,(H2,10,12)(H2,11,13). The first kappa shape index (κ1) is 12.8. The molecule has 0 aliphatic heterocycles. The second-order valence-electron chi connectivity index (χ2n) is 3.91. The molecule has 4 heteroatoms. The van der Waals surface area contributed by atoms with E-state index in [0.29, 0.717) is 9.98 Å². The van der Waals surface area contributed by atoms with Gasteiger partial charge in [0, 0.05) is 0 Å². The van der Waals surface area contributed by atoms with Crippen LogP contribution in [0, 0.1) is 17.3 Å². The van der Waals surface area contributed by atoms with Crippen LogP contribution in [0.5, 0.6) is 0 Å². The lowest BCUT2D eigenvalue weighted by molar-refractivity contribution is 0.307. The van der Waals surface area contributed by atoms with E-state index in [4.69, 9.17) is 35.9 Å². The minimum Gasteiger partial charge on any atom is -0.392 e. The monoisotopic (exact) mass is 218 g/mol. The fourth-order valence-corrected chi connectivity index (χ4v) is 3.15. The van der Waals surface area contributed by atoms with Gasteiger partial charge < -0.3 is 11.5 Å². The van der Waals surface area contributed by atoms with Gasteiger partial charge in [-0.25, -0.2) is 0 Å².